The number of carbonyl (C=O) groups is 1. The maximum absolute atomic E-state index is 13.5. The zero-order chi connectivity index (χ0) is 19.0. The van der Waals surface area contributed by atoms with E-state index in [0.717, 1.165) is 53.6 Å². The maximum Gasteiger partial charge on any atom is 0.239 e. The summed E-state index contributed by atoms with van der Waals surface area (Å²) in [5, 5.41) is 22.5. The molecule has 4 heteroatoms. The number of benzene rings is 2. The first-order valence-electron chi connectivity index (χ1n) is 9.58. The van der Waals surface area contributed by atoms with Gasteiger partial charge in [0.15, 0.2) is 0 Å². The third-order valence-electron chi connectivity index (χ3n) is 6.23. The Balaban J connectivity index is 1.96. The highest BCUT2D eigenvalue weighted by Crippen LogP contribution is 2.52. The second-order valence-electron chi connectivity index (χ2n) is 7.56. The lowest BCUT2D eigenvalue weighted by atomic mass is 9.63. The Hall–Kier alpha value is -2.59. The standard InChI is InChI=1S/C23H25NO3/c1-15-16(14-25)8-13-20-21(15)24-22(27)23(20,17-6-4-2-3-5-7-17)18-9-11-19(26)12-10-18/h2-3,8-13,17,25-26H,4-7,14H2,1H3,(H,24,27)/t23-/m0/s1. The van der Waals surface area contributed by atoms with E-state index < -0.39 is 5.41 Å². The van der Waals surface area contributed by atoms with Crippen molar-refractivity contribution in [1.82, 2.24) is 0 Å². The molecule has 0 fully saturated rings. The number of aliphatic hydroxyl groups is 1. The lowest BCUT2D eigenvalue weighted by Crippen LogP contribution is -2.43. The number of hydrogen-bond acceptors (Lipinski definition) is 3. The van der Waals surface area contributed by atoms with Gasteiger partial charge in [-0.3, -0.25) is 4.79 Å². The van der Waals surface area contributed by atoms with E-state index in [4.69, 9.17) is 0 Å². The second kappa shape index (κ2) is 6.86. The number of allylic oxidation sites excluding steroid dienone is 2. The maximum atomic E-state index is 13.5. The fraction of sp³-hybridized carbons (Fsp3) is 0.348. The molecule has 2 aromatic rings. The van der Waals surface area contributed by atoms with Gasteiger partial charge < -0.3 is 15.5 Å². The topological polar surface area (TPSA) is 69.6 Å². The summed E-state index contributed by atoms with van der Waals surface area (Å²) in [4.78, 5) is 13.5. The summed E-state index contributed by atoms with van der Waals surface area (Å²) >= 11 is 0. The third kappa shape index (κ3) is 2.67. The number of carbonyl (C=O) groups excluding carboxylic acids is 1. The monoisotopic (exact) mass is 363 g/mol. The lowest BCUT2D eigenvalue weighted by Gasteiger charge is -2.36. The van der Waals surface area contributed by atoms with Crippen molar-refractivity contribution in [2.24, 2.45) is 5.92 Å². The Morgan fingerprint density at radius 2 is 1.74 bits per heavy atom. The molecular weight excluding hydrogens is 338 g/mol. The molecule has 140 valence electrons. The SMILES string of the molecule is Cc1c(CO)ccc2c1NC(=O)[C@]2(c1ccc(O)cc1)C1CCC=CCC1. The van der Waals surface area contributed by atoms with Crippen LogP contribution in [-0.2, 0) is 16.8 Å². The molecule has 1 aliphatic carbocycles. The predicted octanol–water partition coefficient (Wildman–Crippen LogP) is 4.18. The summed E-state index contributed by atoms with van der Waals surface area (Å²) in [6, 6.07) is 11.0. The number of amides is 1. The van der Waals surface area contributed by atoms with E-state index in [1.54, 1.807) is 12.1 Å². The van der Waals surface area contributed by atoms with E-state index in [1.807, 2.05) is 31.2 Å². The third-order valence-corrected chi connectivity index (χ3v) is 6.23. The highest BCUT2D eigenvalue weighted by atomic mass is 16.3. The molecular formula is C23H25NO3. The van der Waals surface area contributed by atoms with Gasteiger partial charge in [0.25, 0.3) is 0 Å². The number of phenols is 1. The normalized spacial score (nSPS) is 22.4. The van der Waals surface area contributed by atoms with Crippen LogP contribution in [0.15, 0.2) is 48.6 Å². The summed E-state index contributed by atoms with van der Waals surface area (Å²) in [6.45, 7) is 1.90. The molecule has 0 unspecified atom stereocenters. The van der Waals surface area contributed by atoms with Crippen molar-refractivity contribution in [2.45, 2.75) is 44.6 Å². The number of phenolic OH excluding ortho intramolecular Hbond substituents is 1. The minimum absolute atomic E-state index is 0.00622. The summed E-state index contributed by atoms with van der Waals surface area (Å²) < 4.78 is 0. The molecule has 3 N–H and O–H groups in total. The van der Waals surface area contributed by atoms with Crippen LogP contribution >= 0.6 is 0 Å². The van der Waals surface area contributed by atoms with Crippen LogP contribution in [0.4, 0.5) is 5.69 Å². The second-order valence-corrected chi connectivity index (χ2v) is 7.56. The van der Waals surface area contributed by atoms with Gasteiger partial charge >= 0.3 is 0 Å². The molecule has 2 aromatic carbocycles. The minimum atomic E-state index is -0.770. The molecule has 0 radical (unpaired) electrons. The summed E-state index contributed by atoms with van der Waals surface area (Å²) in [6.07, 6.45) is 8.20. The molecule has 4 nitrogen and oxygen atoms in total. The molecule has 1 aliphatic heterocycles. The number of hydrogen-bond donors (Lipinski definition) is 3. The van der Waals surface area contributed by atoms with Crippen LogP contribution in [0.25, 0.3) is 0 Å². The number of nitrogens with one attached hydrogen (secondary N) is 1. The highest BCUT2D eigenvalue weighted by molar-refractivity contribution is 6.09. The first-order valence-corrected chi connectivity index (χ1v) is 9.58. The van der Waals surface area contributed by atoms with E-state index in [0.29, 0.717) is 0 Å². The van der Waals surface area contributed by atoms with Crippen LogP contribution in [0, 0.1) is 12.8 Å². The minimum Gasteiger partial charge on any atom is -0.508 e. The molecule has 0 saturated heterocycles. The molecule has 0 bridgehead atoms. The van der Waals surface area contributed by atoms with Gasteiger partial charge in [0.05, 0.1) is 6.61 Å². The Morgan fingerprint density at radius 1 is 1.07 bits per heavy atom. The van der Waals surface area contributed by atoms with E-state index in [-0.39, 0.29) is 24.2 Å². The van der Waals surface area contributed by atoms with Crippen molar-refractivity contribution in [3.05, 3.63) is 70.8 Å². The van der Waals surface area contributed by atoms with E-state index in [9.17, 15) is 15.0 Å². The van der Waals surface area contributed by atoms with E-state index >= 15 is 0 Å². The Morgan fingerprint density at radius 3 is 2.37 bits per heavy atom. The molecule has 27 heavy (non-hydrogen) atoms. The Kier molecular flexibility index (Phi) is 4.52. The van der Waals surface area contributed by atoms with Crippen molar-refractivity contribution in [3.8, 4) is 5.75 Å². The van der Waals surface area contributed by atoms with Crippen molar-refractivity contribution in [3.63, 3.8) is 0 Å². The van der Waals surface area contributed by atoms with Gasteiger partial charge in [0.1, 0.15) is 11.2 Å². The van der Waals surface area contributed by atoms with Gasteiger partial charge in [-0.25, -0.2) is 0 Å². The van der Waals surface area contributed by atoms with Crippen LogP contribution in [0.5, 0.6) is 5.75 Å². The highest BCUT2D eigenvalue weighted by Gasteiger charge is 2.53. The molecule has 1 atom stereocenters. The van der Waals surface area contributed by atoms with Crippen LogP contribution in [0.3, 0.4) is 0 Å². The number of anilines is 1. The van der Waals surface area contributed by atoms with Crippen molar-refractivity contribution in [1.29, 1.82) is 0 Å². The summed E-state index contributed by atoms with van der Waals surface area (Å²) in [5.41, 5.74) is 3.72. The molecule has 2 aliphatic rings. The molecule has 1 amide bonds. The smallest absolute Gasteiger partial charge is 0.239 e. The Labute approximate surface area is 159 Å². The molecule has 0 aromatic heterocycles. The van der Waals surface area contributed by atoms with Gasteiger partial charge in [-0.1, -0.05) is 36.4 Å². The van der Waals surface area contributed by atoms with Crippen molar-refractivity contribution >= 4 is 11.6 Å². The zero-order valence-corrected chi connectivity index (χ0v) is 15.5. The fourth-order valence-electron chi connectivity index (χ4n) is 4.81. The van der Waals surface area contributed by atoms with Gasteiger partial charge in [-0.2, -0.15) is 0 Å². The number of aliphatic hydroxyl groups excluding tert-OH is 1. The van der Waals surface area contributed by atoms with Crippen molar-refractivity contribution in [2.75, 3.05) is 5.32 Å². The van der Waals surface area contributed by atoms with Gasteiger partial charge in [0.2, 0.25) is 5.91 Å². The summed E-state index contributed by atoms with van der Waals surface area (Å²) in [5.74, 6) is 0.354. The lowest BCUT2D eigenvalue weighted by molar-refractivity contribution is -0.121. The average molecular weight is 363 g/mol. The first kappa shape index (κ1) is 17.8. The van der Waals surface area contributed by atoms with Gasteiger partial charge in [0, 0.05) is 5.69 Å². The number of rotatable bonds is 3. The number of fused-ring (bicyclic) bond motifs is 1. The van der Waals surface area contributed by atoms with Crippen LogP contribution in [-0.4, -0.2) is 16.1 Å². The molecule has 4 rings (SSSR count). The van der Waals surface area contributed by atoms with E-state index in [1.165, 1.54) is 0 Å². The molecule has 1 heterocycles. The molecule has 0 saturated carbocycles. The van der Waals surface area contributed by atoms with E-state index in [2.05, 4.69) is 17.5 Å². The number of aromatic hydroxyl groups is 1. The van der Waals surface area contributed by atoms with Crippen LogP contribution < -0.4 is 5.32 Å². The predicted molar refractivity (Wildman–Crippen MR) is 106 cm³/mol. The molecule has 0 spiro atoms. The quantitative estimate of drug-likeness (QED) is 0.717. The van der Waals surface area contributed by atoms with Crippen LogP contribution in [0.1, 0.15) is 47.9 Å². The largest absolute Gasteiger partial charge is 0.508 e. The fourth-order valence-corrected chi connectivity index (χ4v) is 4.81. The van der Waals surface area contributed by atoms with Crippen LogP contribution in [0.2, 0.25) is 0 Å². The summed E-state index contributed by atoms with van der Waals surface area (Å²) in [7, 11) is 0. The Bertz CT molecular complexity index is 891. The van der Waals surface area contributed by atoms with Gasteiger partial charge in [-0.15, -0.1) is 0 Å². The zero-order valence-electron chi connectivity index (χ0n) is 15.5. The first-order chi connectivity index (χ1) is 13.1. The van der Waals surface area contributed by atoms with Gasteiger partial charge in [-0.05, 0) is 72.9 Å². The average Bonchev–Trinajstić information content (AvgIpc) is 2.83. The van der Waals surface area contributed by atoms with Crippen molar-refractivity contribution < 1.29 is 15.0 Å².